The molecule has 0 aliphatic heterocycles. The molecule has 0 fully saturated rings. The van der Waals surface area contributed by atoms with Gasteiger partial charge in [0.15, 0.2) is 0 Å². The van der Waals surface area contributed by atoms with Crippen molar-refractivity contribution in [3.8, 4) is 0 Å². The molecule has 1 N–H and O–H groups in total. The van der Waals surface area contributed by atoms with Crippen molar-refractivity contribution in [2.45, 2.75) is 31.9 Å². The molecule has 0 aliphatic carbocycles. The Balaban J connectivity index is 3.26. The Bertz CT molecular complexity index is 166. The summed E-state index contributed by atoms with van der Waals surface area (Å²) >= 11 is 1.92. The summed E-state index contributed by atoms with van der Waals surface area (Å²) in [5.74, 6) is 1.05. The number of amides is 1. The fourth-order valence-electron chi connectivity index (χ4n) is 0.860. The van der Waals surface area contributed by atoms with Gasteiger partial charge in [0.25, 0.3) is 0 Å². The van der Waals surface area contributed by atoms with Crippen LogP contribution in [0.3, 0.4) is 0 Å². The fraction of sp³-hybridized carbons (Fsp3) is 0.900. The molecule has 4 heteroatoms. The Hall–Kier alpha value is -0.220. The number of hydrogen-bond donors (Lipinski definition) is 1. The van der Waals surface area contributed by atoms with Crippen LogP contribution in [0.4, 0.5) is 0 Å². The van der Waals surface area contributed by atoms with Crippen LogP contribution in [0, 0.1) is 0 Å². The number of methoxy groups -OCH3 is 1. The average Bonchev–Trinajstić information content (AvgIpc) is 2.02. The molecule has 0 unspecified atom stereocenters. The van der Waals surface area contributed by atoms with Crippen LogP contribution < -0.4 is 5.32 Å². The average molecular weight is 219 g/mol. The molecule has 0 aliphatic rings. The standard InChI is InChI=1S/C10H21NO2S/c1-10(2,3)14-7-5-6-11-9(12)8-13-4/h5-8H2,1-4H3,(H,11,12). The highest BCUT2D eigenvalue weighted by Gasteiger charge is 2.09. The molecule has 0 radical (unpaired) electrons. The predicted molar refractivity (Wildman–Crippen MR) is 61.7 cm³/mol. The first-order valence-corrected chi connectivity index (χ1v) is 5.84. The third kappa shape index (κ3) is 9.86. The second kappa shape index (κ2) is 7.12. The molecule has 0 rings (SSSR count). The fourth-order valence-corrected chi connectivity index (χ4v) is 1.76. The second-order valence-corrected chi connectivity index (χ2v) is 6.02. The van der Waals surface area contributed by atoms with E-state index < -0.39 is 0 Å². The smallest absolute Gasteiger partial charge is 0.245 e. The minimum Gasteiger partial charge on any atom is -0.375 e. The van der Waals surface area contributed by atoms with Gasteiger partial charge in [0.05, 0.1) is 0 Å². The van der Waals surface area contributed by atoms with Gasteiger partial charge in [-0.1, -0.05) is 20.8 Å². The van der Waals surface area contributed by atoms with E-state index in [4.69, 9.17) is 4.74 Å². The molecular formula is C10H21NO2S. The maximum atomic E-state index is 11.0. The Morgan fingerprint density at radius 1 is 1.43 bits per heavy atom. The summed E-state index contributed by atoms with van der Waals surface area (Å²) in [5, 5.41) is 2.79. The van der Waals surface area contributed by atoms with E-state index in [0.717, 1.165) is 18.7 Å². The summed E-state index contributed by atoms with van der Waals surface area (Å²) in [6.07, 6.45) is 1.01. The van der Waals surface area contributed by atoms with Gasteiger partial charge in [0.1, 0.15) is 6.61 Å². The third-order valence-electron chi connectivity index (χ3n) is 1.45. The molecule has 14 heavy (non-hydrogen) atoms. The van der Waals surface area contributed by atoms with Crippen molar-refractivity contribution in [2.24, 2.45) is 0 Å². The Kier molecular flexibility index (Phi) is 7.01. The highest BCUT2D eigenvalue weighted by atomic mass is 32.2. The van der Waals surface area contributed by atoms with Gasteiger partial charge < -0.3 is 10.1 Å². The van der Waals surface area contributed by atoms with Gasteiger partial charge in [-0.2, -0.15) is 11.8 Å². The van der Waals surface area contributed by atoms with Crippen LogP contribution in [0.15, 0.2) is 0 Å². The van der Waals surface area contributed by atoms with E-state index in [9.17, 15) is 4.79 Å². The molecule has 0 bridgehead atoms. The number of carbonyl (C=O) groups excluding carboxylic acids is 1. The van der Waals surface area contributed by atoms with Gasteiger partial charge in [-0.25, -0.2) is 0 Å². The molecule has 0 aromatic heterocycles. The lowest BCUT2D eigenvalue weighted by atomic mass is 10.3. The lowest BCUT2D eigenvalue weighted by molar-refractivity contribution is -0.124. The van der Waals surface area contributed by atoms with Crippen molar-refractivity contribution in [2.75, 3.05) is 26.0 Å². The number of rotatable bonds is 6. The van der Waals surface area contributed by atoms with Gasteiger partial charge in [-0.05, 0) is 12.2 Å². The quantitative estimate of drug-likeness (QED) is 0.691. The van der Waals surface area contributed by atoms with Crippen molar-refractivity contribution in [1.29, 1.82) is 0 Å². The molecule has 0 saturated heterocycles. The molecule has 0 spiro atoms. The summed E-state index contributed by atoms with van der Waals surface area (Å²) in [7, 11) is 1.52. The van der Waals surface area contributed by atoms with E-state index in [0.29, 0.717) is 4.75 Å². The van der Waals surface area contributed by atoms with Crippen LogP contribution in [-0.2, 0) is 9.53 Å². The summed E-state index contributed by atoms with van der Waals surface area (Å²) in [5.41, 5.74) is 0. The summed E-state index contributed by atoms with van der Waals surface area (Å²) in [4.78, 5) is 11.0. The van der Waals surface area contributed by atoms with E-state index in [1.54, 1.807) is 0 Å². The lowest BCUT2D eigenvalue weighted by Gasteiger charge is -2.17. The SMILES string of the molecule is COCC(=O)NCCCSC(C)(C)C. The minimum absolute atomic E-state index is 0.0340. The second-order valence-electron chi connectivity index (χ2n) is 4.10. The maximum absolute atomic E-state index is 11.0. The van der Waals surface area contributed by atoms with E-state index in [1.165, 1.54) is 7.11 Å². The summed E-state index contributed by atoms with van der Waals surface area (Å²) in [6, 6.07) is 0. The normalized spacial score (nSPS) is 11.4. The zero-order valence-corrected chi connectivity index (χ0v) is 10.4. The third-order valence-corrected chi connectivity index (χ3v) is 2.81. The first-order chi connectivity index (χ1) is 6.45. The first kappa shape index (κ1) is 13.8. The summed E-state index contributed by atoms with van der Waals surface area (Å²) < 4.78 is 5.01. The topological polar surface area (TPSA) is 38.3 Å². The van der Waals surface area contributed by atoms with E-state index in [1.807, 2.05) is 11.8 Å². The van der Waals surface area contributed by atoms with Gasteiger partial charge in [0, 0.05) is 18.4 Å². The predicted octanol–water partition coefficient (Wildman–Crippen LogP) is 1.67. The molecule has 84 valence electrons. The zero-order chi connectivity index (χ0) is 11.0. The van der Waals surface area contributed by atoms with Crippen molar-refractivity contribution >= 4 is 17.7 Å². The van der Waals surface area contributed by atoms with E-state index in [2.05, 4.69) is 26.1 Å². The largest absolute Gasteiger partial charge is 0.375 e. The minimum atomic E-state index is -0.0340. The molecule has 0 atom stereocenters. The van der Waals surface area contributed by atoms with E-state index >= 15 is 0 Å². The monoisotopic (exact) mass is 219 g/mol. The Morgan fingerprint density at radius 2 is 2.07 bits per heavy atom. The van der Waals surface area contributed by atoms with E-state index in [-0.39, 0.29) is 12.5 Å². The Morgan fingerprint density at radius 3 is 2.57 bits per heavy atom. The van der Waals surface area contributed by atoms with Crippen molar-refractivity contribution in [3.63, 3.8) is 0 Å². The van der Waals surface area contributed by atoms with Crippen LogP contribution in [0.25, 0.3) is 0 Å². The van der Waals surface area contributed by atoms with Crippen molar-refractivity contribution in [3.05, 3.63) is 0 Å². The lowest BCUT2D eigenvalue weighted by Crippen LogP contribution is -2.28. The molecule has 1 amide bonds. The molecular weight excluding hydrogens is 198 g/mol. The van der Waals surface area contributed by atoms with Crippen molar-refractivity contribution < 1.29 is 9.53 Å². The number of nitrogens with one attached hydrogen (secondary N) is 1. The first-order valence-electron chi connectivity index (χ1n) is 4.85. The number of carbonyl (C=O) groups is 1. The highest BCUT2D eigenvalue weighted by molar-refractivity contribution is 8.00. The number of thioether (sulfide) groups is 1. The van der Waals surface area contributed by atoms with Gasteiger partial charge >= 0.3 is 0 Å². The van der Waals surface area contributed by atoms with Crippen LogP contribution in [0.1, 0.15) is 27.2 Å². The maximum Gasteiger partial charge on any atom is 0.245 e. The van der Waals surface area contributed by atoms with Crippen LogP contribution >= 0.6 is 11.8 Å². The number of hydrogen-bond acceptors (Lipinski definition) is 3. The molecule has 0 aromatic rings. The molecule has 0 aromatic carbocycles. The summed E-state index contributed by atoms with van der Waals surface area (Å²) in [6.45, 7) is 7.49. The van der Waals surface area contributed by atoms with Crippen molar-refractivity contribution in [1.82, 2.24) is 5.32 Å². The highest BCUT2D eigenvalue weighted by Crippen LogP contribution is 2.23. The van der Waals surface area contributed by atoms with Gasteiger partial charge in [-0.15, -0.1) is 0 Å². The van der Waals surface area contributed by atoms with Crippen LogP contribution in [0.5, 0.6) is 0 Å². The molecule has 3 nitrogen and oxygen atoms in total. The molecule has 0 saturated carbocycles. The molecule has 0 heterocycles. The Labute approximate surface area is 91.0 Å². The van der Waals surface area contributed by atoms with Gasteiger partial charge in [-0.3, -0.25) is 4.79 Å². The number of ether oxygens (including phenoxy) is 1. The van der Waals surface area contributed by atoms with Gasteiger partial charge in [0.2, 0.25) is 5.91 Å². The zero-order valence-electron chi connectivity index (χ0n) is 9.55. The van der Waals surface area contributed by atoms with Crippen LogP contribution in [-0.4, -0.2) is 36.7 Å². The van der Waals surface area contributed by atoms with Crippen LogP contribution in [0.2, 0.25) is 0 Å².